The van der Waals surface area contributed by atoms with Crippen LogP contribution in [-0.4, -0.2) is 19.9 Å². The molecule has 0 aliphatic heterocycles. The number of rotatable bonds is 4. The van der Waals surface area contributed by atoms with E-state index < -0.39 is 5.41 Å². The van der Waals surface area contributed by atoms with E-state index in [4.69, 9.17) is 18.8 Å². The monoisotopic (exact) mass is 654 g/mol. The molecule has 0 saturated heterocycles. The number of nitrogens with zero attached hydrogens (tertiary/aromatic N) is 4. The molecule has 11 rings (SSSR count). The van der Waals surface area contributed by atoms with Gasteiger partial charge in [0.2, 0.25) is 11.8 Å². The van der Waals surface area contributed by atoms with Gasteiger partial charge >= 0.3 is 0 Å². The van der Waals surface area contributed by atoms with Gasteiger partial charge in [-0.3, -0.25) is 0 Å². The molecule has 0 radical (unpaired) electrons. The zero-order chi connectivity index (χ0) is 33.5. The highest BCUT2D eigenvalue weighted by molar-refractivity contribution is 6.11. The van der Waals surface area contributed by atoms with Gasteiger partial charge in [-0.2, -0.15) is 0 Å². The molecule has 0 fully saturated rings. The summed E-state index contributed by atoms with van der Waals surface area (Å²) in [6.45, 7) is 0. The van der Waals surface area contributed by atoms with Crippen LogP contribution in [0.4, 0.5) is 0 Å². The first kappa shape index (κ1) is 28.0. The summed E-state index contributed by atoms with van der Waals surface area (Å²) in [7, 11) is 0. The van der Waals surface area contributed by atoms with E-state index in [0.29, 0.717) is 23.2 Å². The van der Waals surface area contributed by atoms with Gasteiger partial charge in [-0.05, 0) is 91.7 Å². The Morgan fingerprint density at radius 2 is 1.00 bits per heavy atom. The van der Waals surface area contributed by atoms with Crippen molar-refractivity contribution in [2.24, 2.45) is 0 Å². The number of hydrogen-bond donors (Lipinski definition) is 0. The summed E-state index contributed by atoms with van der Waals surface area (Å²) in [6, 6.07) is 47.7. The maximum absolute atomic E-state index is 5.66. The zero-order valence-electron chi connectivity index (χ0n) is 27.1. The van der Waals surface area contributed by atoms with Gasteiger partial charge in [0, 0.05) is 11.1 Å². The molecule has 6 nitrogen and oxygen atoms in total. The van der Waals surface area contributed by atoms with Crippen molar-refractivity contribution >= 4 is 10.8 Å². The van der Waals surface area contributed by atoms with E-state index in [9.17, 15) is 0 Å². The minimum atomic E-state index is -0.576. The molecule has 0 atom stereocenters. The SMILES string of the molecule is c1cc(-c2ccc3c(c2)C2(c4ccccc4-c4ccccc42)c2cc(-c4cccc(-c5ncco5)n4)c4ccccc4c2-3)nc(-c2ncco2)c1. The molecule has 1 spiro atoms. The minimum Gasteiger partial charge on any atom is -0.443 e. The molecule has 5 aromatic carbocycles. The summed E-state index contributed by atoms with van der Waals surface area (Å²) in [4.78, 5) is 18.9. The van der Waals surface area contributed by atoms with Crippen molar-refractivity contribution in [1.29, 1.82) is 0 Å². The number of fused-ring (bicyclic) bond motifs is 12. The third-order valence-electron chi connectivity index (χ3n) is 10.5. The topological polar surface area (TPSA) is 77.8 Å². The predicted molar refractivity (Wildman–Crippen MR) is 198 cm³/mol. The average Bonchev–Trinajstić information content (AvgIpc) is 4.02. The van der Waals surface area contributed by atoms with Crippen LogP contribution in [0.3, 0.4) is 0 Å². The Kier molecular flexibility index (Phi) is 5.78. The highest BCUT2D eigenvalue weighted by Crippen LogP contribution is 2.64. The van der Waals surface area contributed by atoms with Crippen LogP contribution in [0.5, 0.6) is 0 Å². The largest absolute Gasteiger partial charge is 0.443 e. The maximum Gasteiger partial charge on any atom is 0.245 e. The first-order valence-electron chi connectivity index (χ1n) is 16.9. The Balaban J connectivity index is 1.23. The normalized spacial score (nSPS) is 13.3. The van der Waals surface area contributed by atoms with E-state index in [1.165, 1.54) is 49.9 Å². The van der Waals surface area contributed by atoms with Crippen molar-refractivity contribution in [1.82, 2.24) is 19.9 Å². The lowest BCUT2D eigenvalue weighted by molar-refractivity contribution is 0.572. The highest BCUT2D eigenvalue weighted by atomic mass is 16.3. The van der Waals surface area contributed by atoms with E-state index in [1.807, 2.05) is 24.3 Å². The number of benzene rings is 5. The van der Waals surface area contributed by atoms with Gasteiger partial charge in [-0.1, -0.05) is 97.1 Å². The Labute approximate surface area is 292 Å². The minimum absolute atomic E-state index is 0.498. The molecule has 9 aromatic rings. The molecule has 2 aliphatic carbocycles. The summed E-state index contributed by atoms with van der Waals surface area (Å²) < 4.78 is 11.3. The van der Waals surface area contributed by atoms with Crippen LogP contribution < -0.4 is 0 Å². The summed E-state index contributed by atoms with van der Waals surface area (Å²) >= 11 is 0. The molecular weight excluding hydrogens is 629 g/mol. The first-order valence-corrected chi connectivity index (χ1v) is 16.9. The fourth-order valence-electron chi connectivity index (χ4n) is 8.48. The second-order valence-electron chi connectivity index (χ2n) is 13.0. The molecule has 4 heterocycles. The zero-order valence-corrected chi connectivity index (χ0v) is 27.1. The first-order chi connectivity index (χ1) is 25.3. The number of aromatic nitrogens is 4. The third kappa shape index (κ3) is 3.87. The van der Waals surface area contributed by atoms with Crippen LogP contribution in [0.15, 0.2) is 167 Å². The van der Waals surface area contributed by atoms with Gasteiger partial charge in [-0.15, -0.1) is 0 Å². The molecule has 0 bridgehead atoms. The van der Waals surface area contributed by atoms with Gasteiger partial charge in [0.05, 0.1) is 29.2 Å². The van der Waals surface area contributed by atoms with Crippen molar-refractivity contribution < 1.29 is 8.83 Å². The molecule has 0 amide bonds. The maximum atomic E-state index is 5.66. The quantitative estimate of drug-likeness (QED) is 0.188. The van der Waals surface area contributed by atoms with E-state index >= 15 is 0 Å². The van der Waals surface area contributed by atoms with Crippen LogP contribution >= 0.6 is 0 Å². The van der Waals surface area contributed by atoms with Gasteiger partial charge in [0.25, 0.3) is 0 Å². The Hall–Kier alpha value is -6.92. The molecule has 6 heteroatoms. The summed E-state index contributed by atoms with van der Waals surface area (Å²) in [6.07, 6.45) is 6.46. The highest BCUT2D eigenvalue weighted by Gasteiger charge is 2.52. The molecule has 0 N–H and O–H groups in total. The average molecular weight is 655 g/mol. The van der Waals surface area contributed by atoms with Gasteiger partial charge < -0.3 is 8.83 Å². The van der Waals surface area contributed by atoms with Crippen LogP contribution in [0.25, 0.3) is 78.7 Å². The Morgan fingerprint density at radius 1 is 0.412 bits per heavy atom. The predicted octanol–water partition coefficient (Wildman–Crippen LogP) is 10.6. The van der Waals surface area contributed by atoms with E-state index in [2.05, 4.69) is 119 Å². The van der Waals surface area contributed by atoms with Crippen LogP contribution in [0.2, 0.25) is 0 Å². The molecular formula is C45H26N4O2. The molecule has 51 heavy (non-hydrogen) atoms. The number of hydrogen-bond acceptors (Lipinski definition) is 6. The van der Waals surface area contributed by atoms with Crippen molar-refractivity contribution in [3.8, 4) is 67.9 Å². The number of oxazole rings is 2. The smallest absolute Gasteiger partial charge is 0.245 e. The van der Waals surface area contributed by atoms with Crippen LogP contribution in [0, 0.1) is 0 Å². The van der Waals surface area contributed by atoms with Crippen LogP contribution in [0.1, 0.15) is 22.3 Å². The second-order valence-corrected chi connectivity index (χ2v) is 13.0. The van der Waals surface area contributed by atoms with E-state index in [-0.39, 0.29) is 0 Å². The van der Waals surface area contributed by atoms with Crippen LogP contribution in [-0.2, 0) is 5.41 Å². The molecule has 0 unspecified atom stereocenters. The number of pyridine rings is 2. The molecule has 0 saturated carbocycles. The standard InChI is InChI=1S/C45H26N4O2/c1-2-12-31-28(9-1)33(39-16-8-18-41(49-39)44-47-22-24-51-44)26-37-42(31)32-20-19-27(38-15-7-17-40(48-38)43-46-21-23-50-43)25-36(32)45(37)34-13-5-3-10-29(34)30-11-4-6-14-35(30)45/h1-26H. The Bertz CT molecular complexity index is 2770. The van der Waals surface area contributed by atoms with E-state index in [0.717, 1.165) is 27.9 Å². The molecule has 238 valence electrons. The molecule has 4 aromatic heterocycles. The van der Waals surface area contributed by atoms with Crippen molar-refractivity contribution in [2.75, 3.05) is 0 Å². The Morgan fingerprint density at radius 3 is 1.67 bits per heavy atom. The lowest BCUT2D eigenvalue weighted by Crippen LogP contribution is -2.26. The second kappa shape index (κ2) is 10.5. The van der Waals surface area contributed by atoms with Gasteiger partial charge in [-0.25, -0.2) is 19.9 Å². The van der Waals surface area contributed by atoms with Crippen molar-refractivity contribution in [3.05, 3.63) is 181 Å². The lowest BCUT2D eigenvalue weighted by Gasteiger charge is -2.31. The summed E-state index contributed by atoms with van der Waals surface area (Å²) in [5.74, 6) is 0.998. The summed E-state index contributed by atoms with van der Waals surface area (Å²) in [5, 5.41) is 2.32. The fourth-order valence-corrected chi connectivity index (χ4v) is 8.48. The lowest BCUT2D eigenvalue weighted by atomic mass is 9.69. The van der Waals surface area contributed by atoms with Crippen molar-refractivity contribution in [2.45, 2.75) is 5.41 Å². The third-order valence-corrected chi connectivity index (χ3v) is 10.5. The van der Waals surface area contributed by atoms with Crippen molar-refractivity contribution in [3.63, 3.8) is 0 Å². The summed E-state index contributed by atoms with van der Waals surface area (Å²) in [5.41, 5.74) is 14.6. The van der Waals surface area contributed by atoms with E-state index in [1.54, 1.807) is 24.9 Å². The van der Waals surface area contributed by atoms with Gasteiger partial charge in [0.15, 0.2) is 0 Å². The fraction of sp³-hybridized carbons (Fsp3) is 0.0222. The van der Waals surface area contributed by atoms with Gasteiger partial charge in [0.1, 0.15) is 23.9 Å². The molecule has 2 aliphatic rings.